The molecule has 74 valence electrons. The van der Waals surface area contributed by atoms with E-state index in [4.69, 9.17) is 5.26 Å². The Bertz CT molecular complexity index is 378. The second kappa shape index (κ2) is 3.62. The zero-order valence-electron chi connectivity index (χ0n) is 6.77. The van der Waals surface area contributed by atoms with Crippen LogP contribution in [0.15, 0.2) is 12.1 Å². The van der Waals surface area contributed by atoms with Crippen LogP contribution in [0.5, 0.6) is 0 Å². The van der Waals surface area contributed by atoms with Gasteiger partial charge in [0.1, 0.15) is 5.56 Å². The SMILES string of the molecule is N#CCc1ccc(C(F)(F)F)c(F)n1. The van der Waals surface area contributed by atoms with Gasteiger partial charge in [-0.25, -0.2) is 4.98 Å². The van der Waals surface area contributed by atoms with Gasteiger partial charge in [0, 0.05) is 0 Å². The molecule has 14 heavy (non-hydrogen) atoms. The molecule has 0 aliphatic rings. The van der Waals surface area contributed by atoms with E-state index >= 15 is 0 Å². The van der Waals surface area contributed by atoms with Gasteiger partial charge in [0.2, 0.25) is 5.95 Å². The van der Waals surface area contributed by atoms with Crippen molar-refractivity contribution in [3.8, 4) is 6.07 Å². The van der Waals surface area contributed by atoms with Gasteiger partial charge in [-0.15, -0.1) is 0 Å². The average Bonchev–Trinajstić information content (AvgIpc) is 2.02. The molecule has 0 aliphatic heterocycles. The Labute approximate surface area is 76.8 Å². The minimum atomic E-state index is -4.75. The summed E-state index contributed by atoms with van der Waals surface area (Å²) in [5.41, 5.74) is -1.43. The van der Waals surface area contributed by atoms with Crippen molar-refractivity contribution in [1.82, 2.24) is 4.98 Å². The van der Waals surface area contributed by atoms with E-state index in [1.54, 1.807) is 6.07 Å². The summed E-state index contributed by atoms with van der Waals surface area (Å²) in [4.78, 5) is 3.02. The van der Waals surface area contributed by atoms with Crippen LogP contribution < -0.4 is 0 Å². The van der Waals surface area contributed by atoms with E-state index in [0.717, 1.165) is 6.07 Å². The first-order valence-electron chi connectivity index (χ1n) is 3.54. The Morgan fingerprint density at radius 3 is 2.43 bits per heavy atom. The van der Waals surface area contributed by atoms with E-state index in [9.17, 15) is 17.6 Å². The van der Waals surface area contributed by atoms with Gasteiger partial charge < -0.3 is 0 Å². The maximum Gasteiger partial charge on any atom is 0.420 e. The summed E-state index contributed by atoms with van der Waals surface area (Å²) in [6.45, 7) is 0. The second-order valence-electron chi connectivity index (χ2n) is 2.47. The second-order valence-corrected chi connectivity index (χ2v) is 2.47. The van der Waals surface area contributed by atoms with Crippen LogP contribution >= 0.6 is 0 Å². The molecule has 0 radical (unpaired) electrons. The van der Waals surface area contributed by atoms with Crippen LogP contribution in [-0.2, 0) is 12.6 Å². The molecule has 6 heteroatoms. The van der Waals surface area contributed by atoms with Crippen molar-refractivity contribution in [3.63, 3.8) is 0 Å². The highest BCUT2D eigenvalue weighted by Gasteiger charge is 2.34. The Hall–Kier alpha value is -1.64. The molecular formula is C8H4F4N2. The molecule has 1 rings (SSSR count). The molecule has 0 saturated heterocycles. The van der Waals surface area contributed by atoms with E-state index in [0.29, 0.717) is 6.07 Å². The van der Waals surface area contributed by atoms with Crippen LogP contribution in [0.25, 0.3) is 0 Å². The maximum atomic E-state index is 12.7. The summed E-state index contributed by atoms with van der Waals surface area (Å²) in [6, 6.07) is 3.22. The third-order valence-corrected chi connectivity index (χ3v) is 1.47. The van der Waals surface area contributed by atoms with E-state index in [1.165, 1.54) is 0 Å². The molecule has 2 nitrogen and oxygen atoms in total. The topological polar surface area (TPSA) is 36.7 Å². The normalized spacial score (nSPS) is 11.1. The van der Waals surface area contributed by atoms with Gasteiger partial charge in [-0.1, -0.05) is 0 Å². The number of hydrogen-bond donors (Lipinski definition) is 0. The summed E-state index contributed by atoms with van der Waals surface area (Å²) >= 11 is 0. The Morgan fingerprint density at radius 2 is 2.00 bits per heavy atom. The van der Waals surface area contributed by atoms with Gasteiger partial charge in [0.25, 0.3) is 0 Å². The van der Waals surface area contributed by atoms with Gasteiger partial charge >= 0.3 is 6.18 Å². The number of halogens is 4. The van der Waals surface area contributed by atoms with Crippen LogP contribution in [0.1, 0.15) is 11.3 Å². The van der Waals surface area contributed by atoms with Crippen LogP contribution in [0.4, 0.5) is 17.6 Å². The standard InChI is InChI=1S/C8H4F4N2/c9-7-6(8(10,11)12)2-1-5(14-7)3-4-13/h1-2H,3H2. The lowest BCUT2D eigenvalue weighted by Gasteiger charge is -2.06. The zero-order chi connectivity index (χ0) is 10.8. The third kappa shape index (κ3) is 2.19. The first kappa shape index (κ1) is 10.4. The van der Waals surface area contributed by atoms with E-state index < -0.39 is 17.7 Å². The lowest BCUT2D eigenvalue weighted by atomic mass is 10.2. The molecule has 1 aromatic rings. The van der Waals surface area contributed by atoms with Gasteiger partial charge in [0.05, 0.1) is 18.2 Å². The molecule has 0 saturated carbocycles. The van der Waals surface area contributed by atoms with Crippen molar-refractivity contribution < 1.29 is 17.6 Å². The molecule has 0 unspecified atom stereocenters. The lowest BCUT2D eigenvalue weighted by Crippen LogP contribution is -2.10. The molecule has 0 aromatic carbocycles. The minimum Gasteiger partial charge on any atom is -0.223 e. The average molecular weight is 204 g/mol. The Morgan fingerprint density at radius 1 is 1.36 bits per heavy atom. The van der Waals surface area contributed by atoms with E-state index in [-0.39, 0.29) is 12.1 Å². The summed E-state index contributed by atoms with van der Waals surface area (Å²) < 4.78 is 48.8. The quantitative estimate of drug-likeness (QED) is 0.519. The predicted octanol–water partition coefficient (Wildman–Crippen LogP) is 2.31. The Balaban J connectivity index is 3.09. The first-order chi connectivity index (χ1) is 6.45. The number of nitrogens with zero attached hydrogens (tertiary/aromatic N) is 2. The molecule has 0 spiro atoms. The van der Waals surface area contributed by atoms with Crippen LogP contribution in [0.3, 0.4) is 0 Å². The number of alkyl halides is 3. The molecule has 0 N–H and O–H groups in total. The number of aromatic nitrogens is 1. The highest BCUT2D eigenvalue weighted by Crippen LogP contribution is 2.30. The molecule has 0 aliphatic carbocycles. The minimum absolute atomic E-state index is 0.0157. The largest absolute Gasteiger partial charge is 0.420 e. The maximum absolute atomic E-state index is 12.7. The highest BCUT2D eigenvalue weighted by atomic mass is 19.4. The van der Waals surface area contributed by atoms with Crippen molar-refractivity contribution in [2.24, 2.45) is 0 Å². The lowest BCUT2D eigenvalue weighted by molar-refractivity contribution is -0.140. The van der Waals surface area contributed by atoms with Crippen LogP contribution in [0, 0.1) is 17.3 Å². The summed E-state index contributed by atoms with van der Waals surface area (Å²) in [5, 5.41) is 8.21. The van der Waals surface area contributed by atoms with Crippen molar-refractivity contribution in [3.05, 3.63) is 29.3 Å². The van der Waals surface area contributed by atoms with Crippen molar-refractivity contribution in [2.45, 2.75) is 12.6 Å². The van der Waals surface area contributed by atoms with E-state index in [2.05, 4.69) is 4.98 Å². The summed E-state index contributed by atoms with van der Waals surface area (Å²) in [5.74, 6) is -1.59. The third-order valence-electron chi connectivity index (χ3n) is 1.47. The van der Waals surface area contributed by atoms with Crippen molar-refractivity contribution in [1.29, 1.82) is 5.26 Å². The van der Waals surface area contributed by atoms with Gasteiger partial charge in [-0.2, -0.15) is 22.8 Å². The smallest absolute Gasteiger partial charge is 0.223 e. The summed E-state index contributed by atoms with van der Waals surface area (Å²) in [7, 11) is 0. The van der Waals surface area contributed by atoms with Crippen molar-refractivity contribution >= 4 is 0 Å². The fourth-order valence-electron chi connectivity index (χ4n) is 0.863. The number of pyridine rings is 1. The predicted molar refractivity (Wildman–Crippen MR) is 38.5 cm³/mol. The first-order valence-corrected chi connectivity index (χ1v) is 3.54. The van der Waals surface area contributed by atoms with Gasteiger partial charge in [-0.05, 0) is 12.1 Å². The molecule has 0 amide bonds. The fraction of sp³-hybridized carbons (Fsp3) is 0.250. The summed E-state index contributed by atoms with van der Waals surface area (Å²) in [6.07, 6.45) is -4.96. The molecule has 0 bridgehead atoms. The molecule has 1 heterocycles. The van der Waals surface area contributed by atoms with Crippen LogP contribution in [-0.4, -0.2) is 4.98 Å². The van der Waals surface area contributed by atoms with E-state index in [1.807, 2.05) is 0 Å². The van der Waals surface area contributed by atoms with Gasteiger partial charge in [-0.3, -0.25) is 0 Å². The number of nitriles is 1. The van der Waals surface area contributed by atoms with Crippen molar-refractivity contribution in [2.75, 3.05) is 0 Å². The zero-order valence-corrected chi connectivity index (χ0v) is 6.77. The van der Waals surface area contributed by atoms with Crippen LogP contribution in [0.2, 0.25) is 0 Å². The number of hydrogen-bond acceptors (Lipinski definition) is 2. The molecule has 0 atom stereocenters. The van der Waals surface area contributed by atoms with Gasteiger partial charge in [0.15, 0.2) is 0 Å². The molecule has 0 fully saturated rings. The fourth-order valence-corrected chi connectivity index (χ4v) is 0.863. The monoisotopic (exact) mass is 204 g/mol. The number of rotatable bonds is 1. The Kier molecular flexibility index (Phi) is 2.70. The molecular weight excluding hydrogens is 200 g/mol. The molecule has 1 aromatic heterocycles. The highest BCUT2D eigenvalue weighted by molar-refractivity contribution is 5.20.